The lowest BCUT2D eigenvalue weighted by atomic mass is 10.3. The largest absolute Gasteiger partial charge is 0.465 e. The van der Waals surface area contributed by atoms with Crippen molar-refractivity contribution in [2.75, 3.05) is 18.1 Å². The Hall–Kier alpha value is -1.02. The Bertz CT molecular complexity index is 324. The molecule has 0 spiro atoms. The van der Waals surface area contributed by atoms with Gasteiger partial charge in [-0.05, 0) is 6.42 Å². The maximum atomic E-state index is 11.1. The van der Waals surface area contributed by atoms with Crippen LogP contribution >= 0.6 is 0 Å². The van der Waals surface area contributed by atoms with Crippen LogP contribution in [-0.2, 0) is 19.4 Å². The van der Waals surface area contributed by atoms with Crippen molar-refractivity contribution in [3.8, 4) is 12.3 Å². The average molecular weight is 232 g/mol. The first-order valence-corrected chi connectivity index (χ1v) is 6.63. The number of terminal acetylenes is 1. The van der Waals surface area contributed by atoms with Gasteiger partial charge in [-0.1, -0.05) is 25.7 Å². The van der Waals surface area contributed by atoms with Gasteiger partial charge >= 0.3 is 5.97 Å². The van der Waals surface area contributed by atoms with Crippen LogP contribution in [0.25, 0.3) is 0 Å². The molecule has 0 atom stereocenters. The number of hydrogen-bond acceptors (Lipinski definition) is 4. The number of ether oxygens (including phenoxy) is 1. The van der Waals surface area contributed by atoms with Gasteiger partial charge in [0.15, 0.2) is 9.84 Å². The third-order valence-electron chi connectivity index (χ3n) is 1.65. The van der Waals surface area contributed by atoms with Crippen LogP contribution < -0.4 is 0 Å². The van der Waals surface area contributed by atoms with Crippen LogP contribution in [0.15, 0.2) is 0 Å². The molecule has 15 heavy (non-hydrogen) atoms. The van der Waals surface area contributed by atoms with E-state index in [1.807, 2.05) is 12.8 Å². The van der Waals surface area contributed by atoms with Crippen LogP contribution in [0.3, 0.4) is 0 Å². The van der Waals surface area contributed by atoms with E-state index in [-0.39, 0.29) is 6.61 Å². The minimum Gasteiger partial charge on any atom is -0.465 e. The van der Waals surface area contributed by atoms with E-state index in [4.69, 9.17) is 11.2 Å². The summed E-state index contributed by atoms with van der Waals surface area (Å²) in [6, 6.07) is 0. The summed E-state index contributed by atoms with van der Waals surface area (Å²) in [5.74, 6) is 0.232. The molecule has 0 bridgehead atoms. The Morgan fingerprint density at radius 1 is 1.40 bits per heavy atom. The monoisotopic (exact) mass is 232 g/mol. The Morgan fingerprint density at radius 2 is 2.07 bits per heavy atom. The molecule has 0 radical (unpaired) electrons. The number of hydrogen-bond donors (Lipinski definition) is 0. The topological polar surface area (TPSA) is 60.4 Å². The number of esters is 1. The van der Waals surface area contributed by atoms with Crippen LogP contribution in [-0.4, -0.2) is 32.5 Å². The van der Waals surface area contributed by atoms with Crippen molar-refractivity contribution < 1.29 is 17.9 Å². The van der Waals surface area contributed by atoms with Gasteiger partial charge in [0.2, 0.25) is 0 Å². The molecule has 0 amide bonds. The first kappa shape index (κ1) is 14.0. The van der Waals surface area contributed by atoms with Gasteiger partial charge in [-0.15, -0.1) is 6.42 Å². The first-order chi connectivity index (χ1) is 7.02. The molecule has 0 aliphatic heterocycles. The highest BCUT2D eigenvalue weighted by molar-refractivity contribution is 7.92. The molecule has 0 saturated carbocycles. The zero-order valence-electron chi connectivity index (χ0n) is 8.86. The van der Waals surface area contributed by atoms with Crippen LogP contribution in [0.1, 0.15) is 26.2 Å². The fourth-order valence-electron chi connectivity index (χ4n) is 0.937. The quantitative estimate of drug-likeness (QED) is 0.369. The van der Waals surface area contributed by atoms with Crippen molar-refractivity contribution in [3.05, 3.63) is 0 Å². The number of carbonyl (C=O) groups excluding carboxylic acids is 1. The fraction of sp³-hybridized carbons (Fsp3) is 0.700. The lowest BCUT2D eigenvalue weighted by Gasteiger charge is -2.03. The van der Waals surface area contributed by atoms with Gasteiger partial charge in [0.25, 0.3) is 0 Å². The number of sulfone groups is 1. The van der Waals surface area contributed by atoms with Gasteiger partial charge in [0.1, 0.15) is 11.5 Å². The van der Waals surface area contributed by atoms with Crippen molar-refractivity contribution in [2.45, 2.75) is 26.2 Å². The van der Waals surface area contributed by atoms with E-state index in [2.05, 4.69) is 0 Å². The predicted molar refractivity (Wildman–Crippen MR) is 58.0 cm³/mol. The molecule has 0 aliphatic rings. The van der Waals surface area contributed by atoms with Crippen LogP contribution in [0.4, 0.5) is 0 Å². The highest BCUT2D eigenvalue weighted by Gasteiger charge is 2.16. The molecule has 0 aromatic rings. The maximum absolute atomic E-state index is 11.1. The second-order valence-corrected chi connectivity index (χ2v) is 5.23. The third-order valence-corrected chi connectivity index (χ3v) is 2.93. The Morgan fingerprint density at radius 3 is 2.60 bits per heavy atom. The van der Waals surface area contributed by atoms with E-state index in [1.165, 1.54) is 0 Å². The molecule has 5 heteroatoms. The average Bonchev–Trinajstić information content (AvgIpc) is 2.11. The summed E-state index contributed by atoms with van der Waals surface area (Å²) in [6.45, 7) is 2.30. The molecule has 0 aromatic heterocycles. The Kier molecular flexibility index (Phi) is 6.80. The summed E-state index contributed by atoms with van der Waals surface area (Å²) in [7, 11) is -3.48. The lowest BCUT2D eigenvalue weighted by molar-refractivity contribution is -0.140. The highest BCUT2D eigenvalue weighted by Crippen LogP contribution is 1.96. The van der Waals surface area contributed by atoms with Crippen molar-refractivity contribution in [3.63, 3.8) is 0 Å². The molecule has 0 aliphatic carbocycles. The van der Waals surface area contributed by atoms with E-state index in [0.717, 1.165) is 19.3 Å². The Labute approximate surface area is 90.9 Å². The number of unbranched alkanes of at least 4 members (excludes halogenated alkanes) is 2. The molecule has 4 nitrogen and oxygen atoms in total. The molecule has 0 rings (SSSR count). The number of carbonyl (C=O) groups is 1. The third kappa shape index (κ3) is 8.01. The van der Waals surface area contributed by atoms with Gasteiger partial charge in [-0.2, -0.15) is 0 Å². The molecule has 0 saturated heterocycles. The van der Waals surface area contributed by atoms with Crippen molar-refractivity contribution in [1.82, 2.24) is 0 Å². The zero-order valence-corrected chi connectivity index (χ0v) is 9.68. The normalized spacial score (nSPS) is 10.7. The van der Waals surface area contributed by atoms with Gasteiger partial charge in [0, 0.05) is 0 Å². The first-order valence-electron chi connectivity index (χ1n) is 4.81. The molecule has 0 N–H and O–H groups in total. The van der Waals surface area contributed by atoms with Crippen molar-refractivity contribution >= 4 is 15.8 Å². The maximum Gasteiger partial charge on any atom is 0.321 e. The zero-order chi connectivity index (χ0) is 11.7. The molecule has 86 valence electrons. The van der Waals surface area contributed by atoms with Crippen LogP contribution in [0.5, 0.6) is 0 Å². The second kappa shape index (κ2) is 7.30. The summed E-state index contributed by atoms with van der Waals surface area (Å²) < 4.78 is 26.9. The smallest absolute Gasteiger partial charge is 0.321 e. The molecule has 0 unspecified atom stereocenters. The summed E-state index contributed by atoms with van der Waals surface area (Å²) >= 11 is 0. The summed E-state index contributed by atoms with van der Waals surface area (Å²) in [4.78, 5) is 11.0. The van der Waals surface area contributed by atoms with Crippen molar-refractivity contribution in [2.24, 2.45) is 0 Å². The lowest BCUT2D eigenvalue weighted by Crippen LogP contribution is -2.20. The standard InChI is InChI=1S/C10H16O4S/c1-3-5-6-7-14-10(11)9-15(12,13)8-4-2/h2H,3,5-9H2,1H3. The second-order valence-electron chi connectivity index (χ2n) is 3.16. The highest BCUT2D eigenvalue weighted by atomic mass is 32.2. The molecular formula is C10H16O4S. The minimum absolute atomic E-state index is 0.276. The van der Waals surface area contributed by atoms with E-state index in [9.17, 15) is 13.2 Å². The van der Waals surface area contributed by atoms with E-state index < -0.39 is 27.3 Å². The molecule has 0 fully saturated rings. The van der Waals surface area contributed by atoms with Crippen LogP contribution in [0.2, 0.25) is 0 Å². The molecule has 0 aromatic carbocycles. The van der Waals surface area contributed by atoms with Crippen LogP contribution in [0, 0.1) is 12.3 Å². The van der Waals surface area contributed by atoms with Gasteiger partial charge in [-0.25, -0.2) is 8.42 Å². The molecule has 0 heterocycles. The number of rotatable bonds is 7. The van der Waals surface area contributed by atoms with Gasteiger partial charge in [0.05, 0.1) is 6.61 Å². The molecular weight excluding hydrogens is 216 g/mol. The SMILES string of the molecule is C#CCS(=O)(=O)CC(=O)OCCCCC. The van der Waals surface area contributed by atoms with E-state index >= 15 is 0 Å². The minimum atomic E-state index is -3.48. The van der Waals surface area contributed by atoms with Gasteiger partial charge in [-0.3, -0.25) is 4.79 Å². The summed E-state index contributed by atoms with van der Waals surface area (Å²) in [6.07, 6.45) is 7.59. The van der Waals surface area contributed by atoms with Crippen molar-refractivity contribution in [1.29, 1.82) is 0 Å². The van der Waals surface area contributed by atoms with E-state index in [1.54, 1.807) is 0 Å². The fourth-order valence-corrected chi connectivity index (χ4v) is 1.74. The summed E-state index contributed by atoms with van der Waals surface area (Å²) in [5.41, 5.74) is 0. The predicted octanol–water partition coefficient (Wildman–Crippen LogP) is 0.768. The van der Waals surface area contributed by atoms with E-state index in [0.29, 0.717) is 0 Å². The summed E-state index contributed by atoms with van der Waals surface area (Å²) in [5, 5.41) is 0. The Balaban J connectivity index is 3.80. The van der Waals surface area contributed by atoms with Gasteiger partial charge < -0.3 is 4.74 Å².